The van der Waals surface area contributed by atoms with Crippen molar-refractivity contribution in [3.8, 4) is 0 Å². The second-order valence-electron chi connectivity index (χ2n) is 6.78. The normalized spacial score (nSPS) is 21.7. The number of rotatable bonds is 10. The highest BCUT2D eigenvalue weighted by molar-refractivity contribution is 7.56. The topological polar surface area (TPSA) is 66.0 Å². The van der Waals surface area contributed by atoms with Crippen LogP contribution in [-0.4, -0.2) is 37.8 Å². The van der Waals surface area contributed by atoms with Gasteiger partial charge in [-0.3, -0.25) is 4.57 Å². The highest BCUT2D eigenvalue weighted by atomic mass is 31.2. The van der Waals surface area contributed by atoms with Crippen LogP contribution in [0.2, 0.25) is 0 Å². The zero-order valence-corrected chi connectivity index (χ0v) is 17.2. The van der Waals surface area contributed by atoms with Gasteiger partial charge in [-0.25, -0.2) is 5.09 Å². The maximum atomic E-state index is 12.5. The van der Waals surface area contributed by atoms with Gasteiger partial charge < -0.3 is 18.6 Å². The van der Waals surface area contributed by atoms with Crippen LogP contribution >= 0.6 is 7.52 Å². The summed E-state index contributed by atoms with van der Waals surface area (Å²) in [6.07, 6.45) is 3.22. The molecule has 1 aliphatic rings. The summed E-state index contributed by atoms with van der Waals surface area (Å²) in [7, 11) is -3.60. The number of allylic oxidation sites excluding steroid dienone is 3. The molecule has 1 N–H and O–H groups in total. The van der Waals surface area contributed by atoms with E-state index in [0.717, 1.165) is 0 Å². The summed E-state index contributed by atoms with van der Waals surface area (Å²) < 4.78 is 35.3. The van der Waals surface area contributed by atoms with E-state index in [1.54, 1.807) is 19.1 Å². The molecule has 0 amide bonds. The molecule has 0 spiro atoms. The minimum Gasteiger partial charge on any atom is -0.483 e. The van der Waals surface area contributed by atoms with Gasteiger partial charge >= 0.3 is 14.6 Å². The Hall–Kier alpha value is -0.845. The number of nitrogens with one attached hydrogen (secondary N) is 1. The first-order chi connectivity index (χ1) is 11.5. The van der Waals surface area contributed by atoms with E-state index >= 15 is 0 Å². The van der Waals surface area contributed by atoms with Crippen molar-refractivity contribution in [1.82, 2.24) is 5.09 Å². The zero-order chi connectivity index (χ0) is 19.3. The van der Waals surface area contributed by atoms with E-state index in [9.17, 15) is 4.57 Å². The third kappa shape index (κ3) is 5.83. The summed E-state index contributed by atoms with van der Waals surface area (Å²) in [6.45, 7) is 20.1. The fraction of sp³-hybridized carbons (Fsp3) is 0.647. The molecule has 0 aromatic heterocycles. The first kappa shape index (κ1) is 22.2. The lowest BCUT2D eigenvalue weighted by molar-refractivity contribution is 0.00578. The first-order valence-electron chi connectivity index (χ1n) is 8.50. The third-order valence-corrected chi connectivity index (χ3v) is 6.19. The summed E-state index contributed by atoms with van der Waals surface area (Å²) >= 11 is 0. The van der Waals surface area contributed by atoms with E-state index in [1.807, 2.05) is 34.6 Å². The molecule has 25 heavy (non-hydrogen) atoms. The van der Waals surface area contributed by atoms with Gasteiger partial charge in [0.05, 0.1) is 17.8 Å². The maximum Gasteiger partial charge on any atom is 0.494 e. The van der Waals surface area contributed by atoms with Crippen LogP contribution in [-0.2, 0) is 23.1 Å². The Balaban J connectivity index is 2.78. The van der Waals surface area contributed by atoms with Crippen LogP contribution in [0.15, 0.2) is 36.5 Å². The van der Waals surface area contributed by atoms with Crippen LogP contribution in [0.3, 0.4) is 0 Å². The van der Waals surface area contributed by atoms with Crippen LogP contribution in [0.5, 0.6) is 0 Å². The molecule has 142 valence electrons. The average molecular weight is 371 g/mol. The van der Waals surface area contributed by atoms with Crippen molar-refractivity contribution < 1.29 is 23.1 Å². The molecule has 0 radical (unpaired) electrons. The molecular formula is C17H31BNO5P. The van der Waals surface area contributed by atoms with Crippen molar-refractivity contribution in [3.63, 3.8) is 0 Å². The van der Waals surface area contributed by atoms with E-state index in [-0.39, 0.29) is 6.35 Å². The Morgan fingerprint density at radius 2 is 1.80 bits per heavy atom. The summed E-state index contributed by atoms with van der Waals surface area (Å²) in [6, 6.07) is 0. The Bertz CT molecular complexity index is 547. The lowest BCUT2D eigenvalue weighted by atomic mass is 9.78. The number of hydrogen-bond donors (Lipinski definition) is 1. The summed E-state index contributed by atoms with van der Waals surface area (Å²) in [5.41, 5.74) is -0.201. The molecule has 0 aromatic carbocycles. The van der Waals surface area contributed by atoms with Gasteiger partial charge in [0.2, 0.25) is 0 Å². The van der Waals surface area contributed by atoms with Crippen LogP contribution in [0.4, 0.5) is 0 Å². The van der Waals surface area contributed by atoms with Crippen LogP contribution < -0.4 is 5.09 Å². The van der Waals surface area contributed by atoms with Gasteiger partial charge in [0.25, 0.3) is 0 Å². The van der Waals surface area contributed by atoms with Crippen molar-refractivity contribution in [3.05, 3.63) is 36.5 Å². The van der Waals surface area contributed by atoms with Crippen molar-refractivity contribution in [2.24, 2.45) is 0 Å². The number of ether oxygens (including phenoxy) is 1. The van der Waals surface area contributed by atoms with Gasteiger partial charge in [-0.05, 0) is 46.2 Å². The molecule has 1 rings (SSSR count). The van der Waals surface area contributed by atoms with E-state index in [1.165, 1.54) is 0 Å². The van der Waals surface area contributed by atoms with Crippen molar-refractivity contribution in [2.75, 3.05) is 19.5 Å². The van der Waals surface area contributed by atoms with Gasteiger partial charge in [-0.15, -0.1) is 0 Å². The fourth-order valence-corrected chi connectivity index (χ4v) is 3.67. The van der Waals surface area contributed by atoms with Crippen molar-refractivity contribution in [1.29, 1.82) is 0 Å². The largest absolute Gasteiger partial charge is 0.494 e. The molecular weight excluding hydrogens is 340 g/mol. The smallest absolute Gasteiger partial charge is 0.483 e. The second kappa shape index (κ2) is 8.69. The minimum absolute atomic E-state index is 0.0994. The lowest BCUT2D eigenvalue weighted by Gasteiger charge is -2.32. The highest BCUT2D eigenvalue weighted by Gasteiger charge is 2.52. The zero-order valence-electron chi connectivity index (χ0n) is 16.3. The van der Waals surface area contributed by atoms with E-state index in [0.29, 0.717) is 24.4 Å². The molecule has 0 aromatic rings. The number of hydrogen-bond acceptors (Lipinski definition) is 5. The van der Waals surface area contributed by atoms with Crippen LogP contribution in [0.1, 0.15) is 41.5 Å². The van der Waals surface area contributed by atoms with Crippen molar-refractivity contribution >= 4 is 14.6 Å². The molecule has 6 nitrogen and oxygen atoms in total. The van der Waals surface area contributed by atoms with Gasteiger partial charge in [-0.2, -0.15) is 0 Å². The molecule has 1 heterocycles. The molecule has 0 bridgehead atoms. The molecule has 8 heteroatoms. The Kier molecular flexibility index (Phi) is 7.72. The van der Waals surface area contributed by atoms with Gasteiger partial charge in [0.1, 0.15) is 5.76 Å². The molecule has 1 atom stereocenters. The average Bonchev–Trinajstić information content (AvgIpc) is 2.71. The van der Waals surface area contributed by atoms with E-state index in [4.69, 9.17) is 18.6 Å². The molecule has 1 aliphatic heterocycles. The molecule has 0 saturated carbocycles. The van der Waals surface area contributed by atoms with Gasteiger partial charge in [0, 0.05) is 6.54 Å². The van der Waals surface area contributed by atoms with Crippen molar-refractivity contribution in [2.45, 2.75) is 52.7 Å². The first-order valence-corrected chi connectivity index (χ1v) is 10.3. The SMILES string of the molecule is C=C/C(=C\C(=C)OCP(=O)(NCC)OCC)B1OC(C)(C)C(C)(C)O1. The summed E-state index contributed by atoms with van der Waals surface area (Å²) in [5, 5.41) is 2.84. The van der Waals surface area contributed by atoms with Gasteiger partial charge in [-0.1, -0.05) is 26.2 Å². The summed E-state index contributed by atoms with van der Waals surface area (Å²) in [5.74, 6) is 0.336. The Morgan fingerprint density at radius 3 is 2.24 bits per heavy atom. The standard InChI is InChI=1S/C17H31BNO5P/c1-9-15(18-23-16(5,6)17(7,8)24-18)12-14(4)21-13-25(20,19-10-2)22-11-3/h9,12H,1,4,10-11,13H2,2-3,5-8H3,(H,19,20)/b15-12+. The van der Waals surface area contributed by atoms with Crippen LogP contribution in [0.25, 0.3) is 0 Å². The van der Waals surface area contributed by atoms with Crippen LogP contribution in [0, 0.1) is 0 Å². The Labute approximate surface area is 152 Å². The molecule has 1 saturated heterocycles. The van der Waals surface area contributed by atoms with E-state index < -0.39 is 25.8 Å². The second-order valence-corrected chi connectivity index (χ2v) is 8.96. The highest BCUT2D eigenvalue weighted by Crippen LogP contribution is 2.42. The third-order valence-electron chi connectivity index (χ3n) is 4.25. The minimum atomic E-state index is -3.04. The maximum absolute atomic E-state index is 12.5. The lowest BCUT2D eigenvalue weighted by Crippen LogP contribution is -2.41. The predicted molar refractivity (Wildman–Crippen MR) is 102 cm³/mol. The molecule has 1 fully saturated rings. The fourth-order valence-electron chi connectivity index (χ4n) is 2.18. The molecule has 1 unspecified atom stereocenters. The molecule has 0 aliphatic carbocycles. The summed E-state index contributed by atoms with van der Waals surface area (Å²) in [4.78, 5) is 0. The monoisotopic (exact) mass is 371 g/mol. The quantitative estimate of drug-likeness (QED) is 0.270. The van der Waals surface area contributed by atoms with Gasteiger partial charge in [0.15, 0.2) is 6.35 Å². The predicted octanol–water partition coefficient (Wildman–Crippen LogP) is 4.06. The Morgan fingerprint density at radius 1 is 1.24 bits per heavy atom. The van der Waals surface area contributed by atoms with E-state index in [2.05, 4.69) is 18.2 Å².